The minimum atomic E-state index is -0.482. The number of carbonyl (C=O) groups excluding carboxylic acids is 1. The number of amides is 1. The number of aromatic amines is 1. The van der Waals surface area contributed by atoms with E-state index in [1.807, 2.05) is 55.5 Å². The monoisotopic (exact) mass is 305 g/mol. The van der Waals surface area contributed by atoms with Crippen LogP contribution in [-0.2, 0) is 0 Å². The second-order valence-electron chi connectivity index (χ2n) is 5.16. The number of anilines is 1. The fraction of sp³-hybridized carbons (Fsp3) is 0.0556. The summed E-state index contributed by atoms with van der Waals surface area (Å²) in [6.07, 6.45) is 1.30. The molecule has 0 saturated heterocycles. The Morgan fingerprint density at radius 2 is 1.87 bits per heavy atom. The third kappa shape index (κ3) is 3.35. The van der Waals surface area contributed by atoms with Crippen molar-refractivity contribution in [2.24, 2.45) is 0 Å². The lowest BCUT2D eigenvalue weighted by Crippen LogP contribution is -2.24. The molecule has 1 aromatic heterocycles. The van der Waals surface area contributed by atoms with Gasteiger partial charge >= 0.3 is 0 Å². The van der Waals surface area contributed by atoms with E-state index in [0.29, 0.717) is 11.5 Å². The average molecular weight is 305 g/mol. The van der Waals surface area contributed by atoms with Crippen LogP contribution in [0, 0.1) is 6.92 Å². The number of hydrogen-bond acceptors (Lipinski definition) is 3. The van der Waals surface area contributed by atoms with Gasteiger partial charge in [0.15, 0.2) is 0 Å². The number of nitrogens with zero attached hydrogens (tertiary/aromatic N) is 1. The molecule has 5 heteroatoms. The van der Waals surface area contributed by atoms with Crippen molar-refractivity contribution in [2.45, 2.75) is 6.92 Å². The molecule has 0 bridgehead atoms. The summed E-state index contributed by atoms with van der Waals surface area (Å²) in [5.74, 6) is -0.0494. The Bertz CT molecular complexity index is 901. The average Bonchev–Trinajstić information content (AvgIpc) is 2.55. The first kappa shape index (κ1) is 14.7. The largest absolute Gasteiger partial charge is 0.322 e. The highest BCUT2D eigenvalue weighted by Gasteiger charge is 2.12. The van der Waals surface area contributed by atoms with Gasteiger partial charge in [0, 0.05) is 17.4 Å². The SMILES string of the molecule is Cc1cccc(NC(=O)c2cnc(-c3ccccc3)[nH]c2=O)c1. The summed E-state index contributed by atoms with van der Waals surface area (Å²) >= 11 is 0. The van der Waals surface area contributed by atoms with E-state index in [1.54, 1.807) is 6.07 Å². The first-order valence-corrected chi connectivity index (χ1v) is 7.16. The van der Waals surface area contributed by atoms with Gasteiger partial charge in [-0.15, -0.1) is 0 Å². The van der Waals surface area contributed by atoms with Crippen LogP contribution in [0.3, 0.4) is 0 Å². The number of benzene rings is 2. The van der Waals surface area contributed by atoms with Gasteiger partial charge in [0.25, 0.3) is 11.5 Å². The summed E-state index contributed by atoms with van der Waals surface area (Å²) in [7, 11) is 0. The number of hydrogen-bond donors (Lipinski definition) is 2. The summed E-state index contributed by atoms with van der Waals surface area (Å²) in [4.78, 5) is 31.2. The summed E-state index contributed by atoms with van der Waals surface area (Å²) in [5.41, 5.74) is 1.96. The molecule has 1 heterocycles. The smallest absolute Gasteiger partial charge is 0.264 e. The lowest BCUT2D eigenvalue weighted by Gasteiger charge is -2.06. The molecule has 2 N–H and O–H groups in total. The molecule has 1 amide bonds. The lowest BCUT2D eigenvalue weighted by molar-refractivity contribution is 0.102. The molecule has 0 spiro atoms. The van der Waals surface area contributed by atoms with Crippen molar-refractivity contribution in [3.8, 4) is 11.4 Å². The predicted octanol–water partition coefficient (Wildman–Crippen LogP) is 3.00. The molecule has 5 nitrogen and oxygen atoms in total. The number of nitrogens with one attached hydrogen (secondary N) is 2. The van der Waals surface area contributed by atoms with E-state index in [1.165, 1.54) is 6.20 Å². The van der Waals surface area contributed by atoms with Crippen molar-refractivity contribution in [2.75, 3.05) is 5.32 Å². The Kier molecular flexibility index (Phi) is 4.01. The van der Waals surface area contributed by atoms with E-state index in [0.717, 1.165) is 11.1 Å². The fourth-order valence-corrected chi connectivity index (χ4v) is 2.22. The van der Waals surface area contributed by atoms with Crippen LogP contribution in [0.4, 0.5) is 5.69 Å². The first-order valence-electron chi connectivity index (χ1n) is 7.16. The molecule has 0 aliphatic carbocycles. The third-order valence-electron chi connectivity index (χ3n) is 3.37. The second kappa shape index (κ2) is 6.27. The van der Waals surface area contributed by atoms with Crippen LogP contribution in [0.15, 0.2) is 65.6 Å². The summed E-state index contributed by atoms with van der Waals surface area (Å²) in [6, 6.07) is 16.6. The number of aromatic nitrogens is 2. The van der Waals surface area contributed by atoms with Crippen molar-refractivity contribution < 1.29 is 4.79 Å². The molecular formula is C18H15N3O2. The minimum Gasteiger partial charge on any atom is -0.322 e. The molecule has 2 aromatic carbocycles. The van der Waals surface area contributed by atoms with Crippen LogP contribution < -0.4 is 10.9 Å². The Balaban J connectivity index is 1.86. The number of carbonyl (C=O) groups is 1. The van der Waals surface area contributed by atoms with Crippen LogP contribution >= 0.6 is 0 Å². The highest BCUT2D eigenvalue weighted by Crippen LogP contribution is 2.13. The Morgan fingerprint density at radius 3 is 2.57 bits per heavy atom. The van der Waals surface area contributed by atoms with E-state index < -0.39 is 11.5 Å². The van der Waals surface area contributed by atoms with Crippen molar-refractivity contribution in [1.29, 1.82) is 0 Å². The van der Waals surface area contributed by atoms with Crippen LogP contribution in [0.2, 0.25) is 0 Å². The molecule has 0 aliphatic rings. The number of rotatable bonds is 3. The van der Waals surface area contributed by atoms with E-state index in [4.69, 9.17) is 0 Å². The zero-order chi connectivity index (χ0) is 16.2. The van der Waals surface area contributed by atoms with Crippen molar-refractivity contribution in [1.82, 2.24) is 9.97 Å². The molecule has 0 atom stereocenters. The van der Waals surface area contributed by atoms with Gasteiger partial charge in [0.2, 0.25) is 0 Å². The topological polar surface area (TPSA) is 74.8 Å². The summed E-state index contributed by atoms with van der Waals surface area (Å²) in [6.45, 7) is 1.93. The highest BCUT2D eigenvalue weighted by atomic mass is 16.2. The van der Waals surface area contributed by atoms with Gasteiger partial charge in [-0.1, -0.05) is 42.5 Å². The fourth-order valence-electron chi connectivity index (χ4n) is 2.22. The predicted molar refractivity (Wildman–Crippen MR) is 89.4 cm³/mol. The molecular weight excluding hydrogens is 290 g/mol. The van der Waals surface area contributed by atoms with Gasteiger partial charge in [0.05, 0.1) is 0 Å². The normalized spacial score (nSPS) is 10.3. The zero-order valence-electron chi connectivity index (χ0n) is 12.5. The van der Waals surface area contributed by atoms with Gasteiger partial charge in [-0.25, -0.2) is 4.98 Å². The first-order chi connectivity index (χ1) is 11.1. The molecule has 0 unspecified atom stereocenters. The van der Waals surface area contributed by atoms with Gasteiger partial charge < -0.3 is 10.3 Å². The minimum absolute atomic E-state index is 0.0220. The maximum Gasteiger partial charge on any atom is 0.264 e. The van der Waals surface area contributed by atoms with E-state index in [9.17, 15) is 9.59 Å². The maximum absolute atomic E-state index is 12.2. The van der Waals surface area contributed by atoms with E-state index in [2.05, 4.69) is 15.3 Å². The van der Waals surface area contributed by atoms with Gasteiger partial charge in [-0.2, -0.15) is 0 Å². The highest BCUT2D eigenvalue weighted by molar-refractivity contribution is 6.03. The van der Waals surface area contributed by atoms with Crippen LogP contribution in [-0.4, -0.2) is 15.9 Å². The Hall–Kier alpha value is -3.21. The van der Waals surface area contributed by atoms with Crippen LogP contribution in [0.25, 0.3) is 11.4 Å². The van der Waals surface area contributed by atoms with Crippen molar-refractivity contribution in [3.63, 3.8) is 0 Å². The number of H-pyrrole nitrogens is 1. The van der Waals surface area contributed by atoms with Gasteiger partial charge in [-0.3, -0.25) is 9.59 Å². The maximum atomic E-state index is 12.2. The molecule has 23 heavy (non-hydrogen) atoms. The molecule has 3 rings (SSSR count). The molecule has 3 aromatic rings. The van der Waals surface area contributed by atoms with Crippen LogP contribution in [0.5, 0.6) is 0 Å². The van der Waals surface area contributed by atoms with Gasteiger partial charge in [0.1, 0.15) is 11.4 Å². The molecule has 0 aliphatic heterocycles. The molecule has 0 fully saturated rings. The standard InChI is InChI=1S/C18H15N3O2/c1-12-6-5-9-14(10-12)20-17(22)15-11-19-16(21-18(15)23)13-7-3-2-4-8-13/h2-11H,1H3,(H,20,22)(H,19,21,23). The van der Waals surface area contributed by atoms with E-state index in [-0.39, 0.29) is 5.56 Å². The van der Waals surface area contributed by atoms with Gasteiger partial charge in [-0.05, 0) is 24.6 Å². The number of aryl methyl sites for hydroxylation is 1. The van der Waals surface area contributed by atoms with Crippen molar-refractivity contribution in [3.05, 3.63) is 82.3 Å². The third-order valence-corrected chi connectivity index (χ3v) is 3.37. The van der Waals surface area contributed by atoms with Crippen LogP contribution in [0.1, 0.15) is 15.9 Å². The van der Waals surface area contributed by atoms with Crippen molar-refractivity contribution >= 4 is 11.6 Å². The Morgan fingerprint density at radius 1 is 1.09 bits per heavy atom. The Labute approximate surface area is 133 Å². The second-order valence-corrected chi connectivity index (χ2v) is 5.16. The molecule has 114 valence electrons. The summed E-state index contributed by atoms with van der Waals surface area (Å²) < 4.78 is 0. The quantitative estimate of drug-likeness (QED) is 0.781. The van der Waals surface area contributed by atoms with E-state index >= 15 is 0 Å². The zero-order valence-corrected chi connectivity index (χ0v) is 12.5. The summed E-state index contributed by atoms with van der Waals surface area (Å²) in [5, 5.41) is 2.70. The molecule has 0 radical (unpaired) electrons. The molecule has 0 saturated carbocycles. The lowest BCUT2D eigenvalue weighted by atomic mass is 10.2.